The summed E-state index contributed by atoms with van der Waals surface area (Å²) in [6, 6.07) is 100. The topological polar surface area (TPSA) is 20.2 Å². The summed E-state index contributed by atoms with van der Waals surface area (Å²) in [7, 11) is 0. The second-order valence-electron chi connectivity index (χ2n) is 18.5. The molecule has 0 bridgehead atoms. The first-order chi connectivity index (χ1) is 35.9. The Labute approximate surface area is 429 Å². The number of rotatable bonds is 11. The minimum Gasteiger partial charge on any atom is -0.360 e. The number of para-hydroxylation sites is 2. The van der Waals surface area contributed by atoms with Gasteiger partial charge in [0.25, 0.3) is 0 Å². The van der Waals surface area contributed by atoms with Crippen molar-refractivity contribution in [1.29, 1.82) is 0 Å². The van der Waals surface area contributed by atoms with Crippen molar-refractivity contribution in [3.8, 4) is 61.3 Å². The van der Waals surface area contributed by atoms with Crippen LogP contribution in [0.15, 0.2) is 291 Å². The number of fused-ring (bicyclic) bond motifs is 3. The van der Waals surface area contributed by atoms with Crippen LogP contribution in [0.25, 0.3) is 83.1 Å². The molecule has 0 saturated carbocycles. The van der Waals surface area contributed by atoms with Crippen LogP contribution in [-0.2, 0) is 0 Å². The first-order valence-corrected chi connectivity index (χ1v) is 24.9. The quantitative estimate of drug-likeness (QED) is 0.139. The zero-order chi connectivity index (χ0) is 49.5. The highest BCUT2D eigenvalue weighted by atomic mass is 15.1. The molecule has 0 saturated heterocycles. The molecule has 0 amide bonds. The van der Waals surface area contributed by atoms with Gasteiger partial charge in [0.15, 0.2) is 0 Å². The van der Waals surface area contributed by atoms with Crippen LogP contribution >= 0.6 is 0 Å². The van der Waals surface area contributed by atoms with Gasteiger partial charge in [-0.25, -0.2) is 0 Å². The zero-order valence-electron chi connectivity index (χ0n) is 41.2. The predicted octanol–water partition coefficient (Wildman–Crippen LogP) is 19.5. The van der Waals surface area contributed by atoms with Crippen LogP contribution in [0.5, 0.6) is 0 Å². The molecule has 0 aliphatic carbocycles. The van der Waals surface area contributed by atoms with Gasteiger partial charge in [-0.1, -0.05) is 213 Å². The number of hydrogen-bond acceptors (Lipinski definition) is 2. The zero-order valence-corrected chi connectivity index (χ0v) is 41.2. The molecule has 12 aromatic rings. The van der Waals surface area contributed by atoms with Crippen molar-refractivity contribution < 1.29 is 0 Å². The van der Waals surface area contributed by atoms with Gasteiger partial charge in [0.1, 0.15) is 0 Å². The summed E-state index contributed by atoms with van der Waals surface area (Å²) in [4.78, 5) is 2.34. The highest BCUT2D eigenvalue weighted by molar-refractivity contribution is 6.10. The van der Waals surface area contributed by atoms with Gasteiger partial charge in [0.2, 0.25) is 0 Å². The van der Waals surface area contributed by atoms with E-state index in [0.29, 0.717) is 0 Å². The minimum atomic E-state index is 0.972. The Morgan fingerprint density at radius 2 is 0.685 bits per heavy atom. The third-order valence-electron chi connectivity index (χ3n) is 13.5. The Bertz CT molecular complexity index is 3700. The predicted molar refractivity (Wildman–Crippen MR) is 312 cm³/mol. The maximum atomic E-state index is 3.78. The van der Waals surface area contributed by atoms with Crippen molar-refractivity contribution in [2.75, 3.05) is 10.2 Å². The van der Waals surface area contributed by atoms with Crippen molar-refractivity contribution in [3.63, 3.8) is 0 Å². The van der Waals surface area contributed by atoms with E-state index in [2.05, 4.69) is 289 Å². The van der Waals surface area contributed by atoms with Gasteiger partial charge in [-0.15, -0.1) is 0 Å². The minimum absolute atomic E-state index is 0.972. The SMILES string of the molecule is C=C(C)Nc1ccccc1C.c1ccc(-c2ccc(N(c3ccc(-c4ccccc4)cc3)c3ccc(-c4ccc(-c5ccc6c(c5)c5ccccc5n6-c5ccc(-c6ccccc6)cc5)cc4)cc3)cc2)cc1. The Morgan fingerprint density at radius 1 is 0.342 bits per heavy atom. The van der Waals surface area contributed by atoms with E-state index in [0.717, 1.165) is 34.1 Å². The summed E-state index contributed by atoms with van der Waals surface area (Å²) in [6.45, 7) is 7.81. The number of allylic oxidation sites excluding steroid dienone is 1. The van der Waals surface area contributed by atoms with Crippen molar-refractivity contribution in [2.24, 2.45) is 0 Å². The average molecular weight is 938 g/mol. The van der Waals surface area contributed by atoms with Crippen LogP contribution in [0.4, 0.5) is 22.7 Å². The molecule has 1 aromatic heterocycles. The molecule has 350 valence electrons. The number of benzene rings is 11. The smallest absolute Gasteiger partial charge is 0.0541 e. The maximum Gasteiger partial charge on any atom is 0.0541 e. The summed E-state index contributed by atoms with van der Waals surface area (Å²) < 4.78 is 2.39. The second-order valence-corrected chi connectivity index (χ2v) is 18.5. The molecular weight excluding hydrogens is 883 g/mol. The van der Waals surface area contributed by atoms with E-state index in [9.17, 15) is 0 Å². The Balaban J connectivity index is 0.000000465. The van der Waals surface area contributed by atoms with Crippen LogP contribution in [-0.4, -0.2) is 4.57 Å². The third kappa shape index (κ3) is 9.99. The number of aromatic nitrogens is 1. The average Bonchev–Trinajstić information content (AvgIpc) is 3.79. The van der Waals surface area contributed by atoms with E-state index < -0.39 is 0 Å². The lowest BCUT2D eigenvalue weighted by atomic mass is 9.98. The van der Waals surface area contributed by atoms with Crippen LogP contribution in [0.2, 0.25) is 0 Å². The fraction of sp³-hybridized carbons (Fsp3) is 0.0286. The highest BCUT2D eigenvalue weighted by Gasteiger charge is 2.16. The third-order valence-corrected chi connectivity index (χ3v) is 13.5. The first kappa shape index (κ1) is 46.0. The molecule has 0 atom stereocenters. The summed E-state index contributed by atoms with van der Waals surface area (Å²) in [6.07, 6.45) is 0. The van der Waals surface area contributed by atoms with Crippen molar-refractivity contribution >= 4 is 44.6 Å². The molecule has 12 rings (SSSR count). The molecule has 1 heterocycles. The molecule has 0 aliphatic heterocycles. The van der Waals surface area contributed by atoms with Gasteiger partial charge >= 0.3 is 0 Å². The first-order valence-electron chi connectivity index (χ1n) is 24.9. The van der Waals surface area contributed by atoms with Gasteiger partial charge in [0.05, 0.1) is 11.0 Å². The number of nitrogens with one attached hydrogen (secondary N) is 1. The monoisotopic (exact) mass is 937 g/mol. The van der Waals surface area contributed by atoms with Crippen molar-refractivity contribution in [2.45, 2.75) is 13.8 Å². The normalized spacial score (nSPS) is 10.9. The lowest BCUT2D eigenvalue weighted by molar-refractivity contribution is 1.18. The van der Waals surface area contributed by atoms with Crippen molar-refractivity contribution in [3.05, 3.63) is 297 Å². The largest absolute Gasteiger partial charge is 0.360 e. The fourth-order valence-electron chi connectivity index (χ4n) is 9.78. The van der Waals surface area contributed by atoms with Crippen LogP contribution in [0, 0.1) is 6.92 Å². The standard InChI is InChI=1S/C60H42N2.C10H13N/c1-4-12-43(13-5-1)47-24-33-53(34-25-47)61(54-35-26-48(27-36-54)44-14-6-2-7-15-44)55-37-28-50(29-38-55)46-20-22-51(23-21-46)52-32-41-60-58(42-52)57-18-10-11-19-59(57)62(60)56-39-30-49(31-40-56)45-16-8-3-9-17-45;1-8(2)11-10-7-5-4-6-9(10)3/h1-42H;4-7,11H,1H2,2-3H3. The molecule has 0 spiro atoms. The number of anilines is 4. The Morgan fingerprint density at radius 3 is 1.14 bits per heavy atom. The molecule has 0 radical (unpaired) electrons. The number of aryl methyl sites for hydroxylation is 1. The van der Waals surface area contributed by atoms with Gasteiger partial charge in [-0.2, -0.15) is 0 Å². The van der Waals surface area contributed by atoms with Crippen molar-refractivity contribution in [1.82, 2.24) is 4.57 Å². The molecule has 0 unspecified atom stereocenters. The lowest BCUT2D eigenvalue weighted by Gasteiger charge is -2.26. The van der Waals surface area contributed by atoms with Crippen LogP contribution in [0.3, 0.4) is 0 Å². The molecule has 0 fully saturated rings. The summed E-state index contributed by atoms with van der Waals surface area (Å²) in [5.41, 5.74) is 22.3. The molecule has 0 aliphatic rings. The highest BCUT2D eigenvalue weighted by Crippen LogP contribution is 2.39. The van der Waals surface area contributed by atoms with E-state index in [1.165, 1.54) is 83.0 Å². The van der Waals surface area contributed by atoms with Crippen LogP contribution < -0.4 is 10.2 Å². The molecule has 73 heavy (non-hydrogen) atoms. The Hall–Kier alpha value is -9.44. The second kappa shape index (κ2) is 20.9. The van der Waals surface area contributed by atoms with Gasteiger partial charge in [-0.3, -0.25) is 0 Å². The molecule has 11 aromatic carbocycles. The maximum absolute atomic E-state index is 3.78. The van der Waals surface area contributed by atoms with Gasteiger partial charge in [-0.05, 0) is 148 Å². The lowest BCUT2D eigenvalue weighted by Crippen LogP contribution is -2.09. The fourth-order valence-corrected chi connectivity index (χ4v) is 9.78. The van der Waals surface area contributed by atoms with Gasteiger partial charge in [0, 0.05) is 44.9 Å². The molecule has 3 heteroatoms. The van der Waals surface area contributed by atoms with Crippen LogP contribution in [0.1, 0.15) is 12.5 Å². The Kier molecular flexibility index (Phi) is 13.1. The van der Waals surface area contributed by atoms with E-state index >= 15 is 0 Å². The van der Waals surface area contributed by atoms with E-state index in [1.54, 1.807) is 0 Å². The van der Waals surface area contributed by atoms with Gasteiger partial charge < -0.3 is 14.8 Å². The molecule has 3 nitrogen and oxygen atoms in total. The van der Waals surface area contributed by atoms with E-state index in [4.69, 9.17) is 0 Å². The summed E-state index contributed by atoms with van der Waals surface area (Å²) in [5.74, 6) is 0. The summed E-state index contributed by atoms with van der Waals surface area (Å²) in [5, 5.41) is 5.68. The number of hydrogen-bond donors (Lipinski definition) is 1. The van der Waals surface area contributed by atoms with E-state index in [-0.39, 0.29) is 0 Å². The number of nitrogens with zero attached hydrogens (tertiary/aromatic N) is 2. The van der Waals surface area contributed by atoms with E-state index in [1.807, 2.05) is 25.1 Å². The molecule has 1 N–H and O–H groups in total. The molecular formula is C70H55N3. The summed E-state index contributed by atoms with van der Waals surface area (Å²) >= 11 is 0.